The molecular formula is C16H22N4OS. The number of nitrogens with one attached hydrogen (secondary N) is 2. The van der Waals surface area contributed by atoms with Gasteiger partial charge in [0.15, 0.2) is 5.96 Å². The molecule has 0 aromatic carbocycles. The van der Waals surface area contributed by atoms with Gasteiger partial charge in [0.05, 0.1) is 13.2 Å². The molecule has 6 heteroatoms. The molecule has 0 spiro atoms. The summed E-state index contributed by atoms with van der Waals surface area (Å²) in [6, 6.07) is 6.01. The average molecular weight is 318 g/mol. The summed E-state index contributed by atoms with van der Waals surface area (Å²) in [6.45, 7) is 6.82. The second-order valence-electron chi connectivity index (χ2n) is 4.62. The molecule has 0 amide bonds. The van der Waals surface area contributed by atoms with Crippen molar-refractivity contribution < 1.29 is 4.74 Å². The van der Waals surface area contributed by atoms with E-state index in [0.29, 0.717) is 25.6 Å². The molecule has 2 rings (SSSR count). The lowest BCUT2D eigenvalue weighted by atomic mass is 10.2. The Balaban J connectivity index is 1.93. The maximum Gasteiger partial charge on any atom is 0.213 e. The Morgan fingerprint density at radius 2 is 2.18 bits per heavy atom. The highest BCUT2D eigenvalue weighted by Crippen LogP contribution is 2.09. The van der Waals surface area contributed by atoms with Gasteiger partial charge in [-0.05, 0) is 47.9 Å². The summed E-state index contributed by atoms with van der Waals surface area (Å²) < 4.78 is 5.41. The summed E-state index contributed by atoms with van der Waals surface area (Å²) in [7, 11) is 0. The lowest BCUT2D eigenvalue weighted by molar-refractivity contribution is 0.326. The molecule has 0 atom stereocenters. The van der Waals surface area contributed by atoms with Gasteiger partial charge in [0.1, 0.15) is 0 Å². The Kier molecular flexibility index (Phi) is 6.70. The Hall–Kier alpha value is -2.08. The first-order chi connectivity index (χ1) is 10.8. The van der Waals surface area contributed by atoms with Gasteiger partial charge in [0, 0.05) is 25.4 Å². The van der Waals surface area contributed by atoms with Gasteiger partial charge < -0.3 is 15.4 Å². The minimum absolute atomic E-state index is 0.620. The molecule has 2 aromatic rings. The smallest absolute Gasteiger partial charge is 0.213 e. The van der Waals surface area contributed by atoms with Crippen LogP contribution < -0.4 is 15.4 Å². The Morgan fingerprint density at radius 3 is 2.91 bits per heavy atom. The fraction of sp³-hybridized carbons (Fsp3) is 0.375. The highest BCUT2D eigenvalue weighted by atomic mass is 32.1. The highest BCUT2D eigenvalue weighted by Gasteiger charge is 2.01. The van der Waals surface area contributed by atoms with Crippen LogP contribution in [0, 0.1) is 0 Å². The molecule has 2 N–H and O–H groups in total. The van der Waals surface area contributed by atoms with E-state index in [2.05, 4.69) is 44.4 Å². The molecule has 118 valence electrons. The van der Waals surface area contributed by atoms with Crippen LogP contribution in [0.5, 0.6) is 5.88 Å². The SMILES string of the molecule is CCNC(=NCc1ccsc1)NCc1ccnc(OCC)c1. The molecular weight excluding hydrogens is 296 g/mol. The van der Waals surface area contributed by atoms with Crippen LogP contribution in [-0.2, 0) is 13.1 Å². The summed E-state index contributed by atoms with van der Waals surface area (Å²) in [6.07, 6.45) is 1.76. The number of ether oxygens (including phenoxy) is 1. The van der Waals surface area contributed by atoms with Crippen LogP contribution in [0.4, 0.5) is 0 Å². The summed E-state index contributed by atoms with van der Waals surface area (Å²) in [5, 5.41) is 10.8. The summed E-state index contributed by atoms with van der Waals surface area (Å²) in [5.74, 6) is 1.46. The van der Waals surface area contributed by atoms with E-state index in [-0.39, 0.29) is 0 Å². The van der Waals surface area contributed by atoms with Gasteiger partial charge in [-0.15, -0.1) is 0 Å². The zero-order valence-corrected chi connectivity index (χ0v) is 13.8. The fourth-order valence-corrected chi connectivity index (χ4v) is 2.53. The number of hydrogen-bond acceptors (Lipinski definition) is 4. The monoisotopic (exact) mass is 318 g/mol. The number of aromatic nitrogens is 1. The van der Waals surface area contributed by atoms with Gasteiger partial charge in [-0.2, -0.15) is 11.3 Å². The van der Waals surface area contributed by atoms with Crippen LogP contribution in [0.25, 0.3) is 0 Å². The summed E-state index contributed by atoms with van der Waals surface area (Å²) >= 11 is 1.69. The standard InChI is InChI=1S/C16H22N4OS/c1-3-17-16(20-11-14-6-8-22-12-14)19-10-13-5-7-18-15(9-13)21-4-2/h5-9,12H,3-4,10-11H2,1-2H3,(H2,17,19,20). The van der Waals surface area contributed by atoms with E-state index in [0.717, 1.165) is 18.1 Å². The lowest BCUT2D eigenvalue weighted by Crippen LogP contribution is -2.36. The lowest BCUT2D eigenvalue weighted by Gasteiger charge is -2.11. The zero-order chi connectivity index (χ0) is 15.6. The molecule has 0 bridgehead atoms. The highest BCUT2D eigenvalue weighted by molar-refractivity contribution is 7.07. The number of rotatable bonds is 7. The van der Waals surface area contributed by atoms with Gasteiger partial charge in [-0.3, -0.25) is 0 Å². The number of aliphatic imine (C=N–C) groups is 1. The van der Waals surface area contributed by atoms with E-state index in [9.17, 15) is 0 Å². The molecule has 0 aliphatic rings. The van der Waals surface area contributed by atoms with Crippen molar-refractivity contribution in [1.29, 1.82) is 0 Å². The van der Waals surface area contributed by atoms with Crippen molar-refractivity contribution in [2.75, 3.05) is 13.2 Å². The van der Waals surface area contributed by atoms with Crippen molar-refractivity contribution in [3.8, 4) is 5.88 Å². The molecule has 0 saturated heterocycles. The van der Waals surface area contributed by atoms with Gasteiger partial charge in [-0.1, -0.05) is 0 Å². The number of nitrogens with zero attached hydrogens (tertiary/aromatic N) is 2. The van der Waals surface area contributed by atoms with Crippen molar-refractivity contribution in [3.63, 3.8) is 0 Å². The van der Waals surface area contributed by atoms with Crippen molar-refractivity contribution in [1.82, 2.24) is 15.6 Å². The molecule has 0 fully saturated rings. The van der Waals surface area contributed by atoms with E-state index in [4.69, 9.17) is 4.74 Å². The second kappa shape index (κ2) is 9.04. The third-order valence-electron chi connectivity index (χ3n) is 2.90. The Morgan fingerprint density at radius 1 is 1.27 bits per heavy atom. The van der Waals surface area contributed by atoms with Crippen molar-refractivity contribution in [2.24, 2.45) is 4.99 Å². The maximum absolute atomic E-state index is 5.41. The molecule has 0 radical (unpaired) electrons. The Labute approximate surface area is 135 Å². The molecule has 0 aliphatic carbocycles. The van der Waals surface area contributed by atoms with E-state index in [1.165, 1.54) is 5.56 Å². The first-order valence-electron chi connectivity index (χ1n) is 7.42. The minimum Gasteiger partial charge on any atom is -0.478 e. The fourth-order valence-electron chi connectivity index (χ4n) is 1.87. The quantitative estimate of drug-likeness (QED) is 0.609. The molecule has 2 heterocycles. The van der Waals surface area contributed by atoms with Crippen LogP contribution in [-0.4, -0.2) is 24.1 Å². The molecule has 2 aromatic heterocycles. The van der Waals surface area contributed by atoms with Crippen LogP contribution in [0.15, 0.2) is 40.1 Å². The summed E-state index contributed by atoms with van der Waals surface area (Å²) in [4.78, 5) is 8.75. The third-order valence-corrected chi connectivity index (χ3v) is 3.63. The van der Waals surface area contributed by atoms with Crippen molar-refractivity contribution >= 4 is 17.3 Å². The number of hydrogen-bond donors (Lipinski definition) is 2. The average Bonchev–Trinajstić information content (AvgIpc) is 3.04. The maximum atomic E-state index is 5.41. The molecule has 0 aliphatic heterocycles. The van der Waals surface area contributed by atoms with Crippen molar-refractivity contribution in [3.05, 3.63) is 46.3 Å². The van der Waals surface area contributed by atoms with Crippen LogP contribution in [0.1, 0.15) is 25.0 Å². The van der Waals surface area contributed by atoms with Crippen molar-refractivity contribution in [2.45, 2.75) is 26.9 Å². The van der Waals surface area contributed by atoms with Gasteiger partial charge in [0.25, 0.3) is 0 Å². The van der Waals surface area contributed by atoms with E-state index < -0.39 is 0 Å². The zero-order valence-electron chi connectivity index (χ0n) is 13.0. The molecule has 0 unspecified atom stereocenters. The van der Waals surface area contributed by atoms with Crippen LogP contribution in [0.2, 0.25) is 0 Å². The van der Waals surface area contributed by atoms with E-state index in [1.807, 2.05) is 19.1 Å². The summed E-state index contributed by atoms with van der Waals surface area (Å²) in [5.41, 5.74) is 2.34. The van der Waals surface area contributed by atoms with E-state index in [1.54, 1.807) is 17.5 Å². The molecule has 5 nitrogen and oxygen atoms in total. The van der Waals surface area contributed by atoms with Gasteiger partial charge in [0.2, 0.25) is 5.88 Å². The first-order valence-corrected chi connectivity index (χ1v) is 8.37. The van der Waals surface area contributed by atoms with E-state index >= 15 is 0 Å². The van der Waals surface area contributed by atoms with Crippen LogP contribution in [0.3, 0.4) is 0 Å². The normalized spacial score (nSPS) is 11.3. The Bertz CT molecular complexity index is 584. The van der Waals surface area contributed by atoms with Gasteiger partial charge in [-0.25, -0.2) is 9.98 Å². The topological polar surface area (TPSA) is 58.5 Å². The minimum atomic E-state index is 0.620. The molecule has 0 saturated carbocycles. The number of guanidine groups is 1. The van der Waals surface area contributed by atoms with Gasteiger partial charge >= 0.3 is 0 Å². The predicted molar refractivity (Wildman–Crippen MR) is 91.4 cm³/mol. The molecule has 22 heavy (non-hydrogen) atoms. The largest absolute Gasteiger partial charge is 0.478 e. The van der Waals surface area contributed by atoms with Crippen LogP contribution >= 0.6 is 11.3 Å². The first kappa shape index (κ1) is 16.3. The number of pyridine rings is 1. The number of thiophene rings is 1. The predicted octanol–water partition coefficient (Wildman–Crippen LogP) is 2.80. The second-order valence-corrected chi connectivity index (χ2v) is 5.40. The third kappa shape index (κ3) is 5.37.